The van der Waals surface area contributed by atoms with Gasteiger partial charge in [0.25, 0.3) is 11.4 Å². The summed E-state index contributed by atoms with van der Waals surface area (Å²) in [5, 5.41) is 25.8. The van der Waals surface area contributed by atoms with Gasteiger partial charge in [-0.2, -0.15) is 0 Å². The molecule has 2 aromatic heterocycles. The molecule has 1 saturated heterocycles. The highest BCUT2D eigenvalue weighted by atomic mass is 32.1. The third-order valence-corrected chi connectivity index (χ3v) is 18.6. The van der Waals surface area contributed by atoms with Crippen molar-refractivity contribution in [3.63, 3.8) is 0 Å². The van der Waals surface area contributed by atoms with Crippen LogP contribution >= 0.6 is 18.9 Å². The second-order valence-corrected chi connectivity index (χ2v) is 27.1. The summed E-state index contributed by atoms with van der Waals surface area (Å²) in [7, 11) is -5.08. The molecule has 3 aliphatic heterocycles. The minimum absolute atomic E-state index is 0.00333. The molecule has 0 unspecified atom stereocenters. The monoisotopic (exact) mass is 1270 g/mol. The highest BCUT2D eigenvalue weighted by molar-refractivity contribution is 7.70. The Hall–Kier alpha value is -8.25. The van der Waals surface area contributed by atoms with E-state index in [0.717, 1.165) is 38.4 Å². The van der Waals surface area contributed by atoms with Crippen molar-refractivity contribution in [1.29, 1.82) is 0 Å². The molecule has 0 aliphatic carbocycles. The molecule has 5 heterocycles. The lowest BCUT2D eigenvalue weighted by Crippen LogP contribution is -2.57. The number of thiazole rings is 1. The zero-order valence-corrected chi connectivity index (χ0v) is 52.8. The van der Waals surface area contributed by atoms with Gasteiger partial charge in [0.15, 0.2) is 5.78 Å². The first-order valence-electron chi connectivity index (χ1n) is 30.2. The number of fused-ring (bicyclic) bond motifs is 1. The normalized spacial score (nSPS) is 18.3. The number of likely N-dealkylation sites (tertiary alicyclic amines) is 1. The van der Waals surface area contributed by atoms with Crippen molar-refractivity contribution < 1.29 is 62.6 Å². The Morgan fingerprint density at radius 2 is 1.63 bits per heavy atom. The van der Waals surface area contributed by atoms with Crippen LogP contribution in [0.25, 0.3) is 21.3 Å². The summed E-state index contributed by atoms with van der Waals surface area (Å²) in [5.74, 6) is -4.27. The fourth-order valence-corrected chi connectivity index (χ4v) is 13.4. The highest BCUT2D eigenvalue weighted by Crippen LogP contribution is 2.41. The summed E-state index contributed by atoms with van der Waals surface area (Å²) in [6.07, 6.45) is 1.93. The van der Waals surface area contributed by atoms with Crippen LogP contribution in [0.15, 0.2) is 90.4 Å². The number of nitrogens with zero attached hydrogens (tertiary/aromatic N) is 3. The first kappa shape index (κ1) is 66.2. The summed E-state index contributed by atoms with van der Waals surface area (Å²) in [6.45, 7) is 11.3. The SMILES string of the molecule is Cc1cc(CCCCCC(=O)N[C@H](C(=O)N2C[C@H](O)C[C@H]2C(=O)CN[C@@H](C)c2ccc(-c3scnc3C)cc2)C(C)(C)C)cc(NC(=O)[C@H](CCC(N)=O)NC(=O)[C@@H]2Cc3cccc4c3N2C(=O)[C@@H](NC(=O)c2cc3cc(C(=O)P(=O)(O)O)ccc3[nH]2)CC4)c1. The number of aliphatic hydroxyl groups excluding tert-OH is 1. The van der Waals surface area contributed by atoms with Crippen LogP contribution in [0.2, 0.25) is 0 Å². The average Bonchev–Trinajstić information content (AvgIpc) is 1.63. The smallest absolute Gasteiger partial charge is 0.391 e. The second-order valence-electron chi connectivity index (χ2n) is 24.8. The van der Waals surface area contributed by atoms with Gasteiger partial charge in [-0.05, 0) is 134 Å². The maximum absolute atomic E-state index is 14.6. The number of para-hydroxylation sites is 1. The number of hydrogen-bond acceptors (Lipinski definition) is 14. The second kappa shape index (κ2) is 27.9. The topological polar surface area (TPSA) is 353 Å². The Kier molecular flexibility index (Phi) is 20.5. The number of aromatic amines is 1. The van der Waals surface area contributed by atoms with Crippen molar-refractivity contribution in [2.24, 2.45) is 11.1 Å². The van der Waals surface area contributed by atoms with E-state index in [1.54, 1.807) is 29.5 Å². The number of nitrogens with one attached hydrogen (secondary N) is 6. The van der Waals surface area contributed by atoms with E-state index in [2.05, 4.69) is 36.6 Å². The van der Waals surface area contributed by atoms with E-state index < -0.39 is 90.3 Å². The number of aryl methyl sites for hydroxylation is 4. The Balaban J connectivity index is 0.772. The first-order valence-corrected chi connectivity index (χ1v) is 32.6. The minimum atomic E-state index is -5.08. The fourth-order valence-electron chi connectivity index (χ4n) is 12.1. The van der Waals surface area contributed by atoms with Gasteiger partial charge in [0, 0.05) is 60.4 Å². The van der Waals surface area contributed by atoms with Gasteiger partial charge < -0.3 is 57.1 Å². The standard InChI is InChI=1S/C65H77N10O13PS/c1-35-25-38(11-8-7-9-14-55(79)73-58(65(4,5)6)63(84)74-33-46(76)31-51(74)53(77)32-67-36(2)39-15-17-41(18-16-39)57-37(3)68-34-90-57)27-45(26-35)69-59(80)48(23-24-54(66)78)71-61(82)52-30-42-13-10-12-40-19-22-49(62(83)75(52)56(40)42)72-60(81)50-29-44-28-43(20-21-47(44)70-50)64(85)89(86,87)88/h10,12-13,15-18,20-21,25-29,34,36,46,48-49,51-52,58,67,70,76H,7-9,11,14,19,22-24,30-33H2,1-6H3,(H2,66,78)(H,69,80)(H,71,82)(H,72,81)(H,73,79)(H2,86,87,88)/t36-,46+,48-,49-,51-,52-,58+/m0/s1. The van der Waals surface area contributed by atoms with Crippen molar-refractivity contribution >= 4 is 93.9 Å². The van der Waals surface area contributed by atoms with Crippen LogP contribution in [-0.4, -0.2) is 132 Å². The van der Waals surface area contributed by atoms with Crippen LogP contribution in [-0.2, 0) is 57.4 Å². The Morgan fingerprint density at radius 3 is 2.33 bits per heavy atom. The number of β-amino-alcohol motifs (C(OH)–C–C–N with tert-alkyl or cyclic N) is 1. The van der Waals surface area contributed by atoms with Gasteiger partial charge in [-0.15, -0.1) is 11.3 Å². The lowest BCUT2D eigenvalue weighted by atomic mass is 9.85. The predicted molar refractivity (Wildman–Crippen MR) is 339 cm³/mol. The number of H-pyrrole nitrogens is 1. The van der Waals surface area contributed by atoms with Crippen LogP contribution in [0.4, 0.5) is 11.4 Å². The fraction of sp³-hybridized carbons (Fsp3) is 0.415. The third kappa shape index (κ3) is 15.7. The largest absolute Gasteiger partial charge is 0.396 e. The predicted octanol–water partition coefficient (Wildman–Crippen LogP) is 6.13. The average molecular weight is 1270 g/mol. The summed E-state index contributed by atoms with van der Waals surface area (Å²) in [6, 6.07) is 18.8. The van der Waals surface area contributed by atoms with E-state index in [0.29, 0.717) is 59.9 Å². The number of ketones is 1. The molecule has 4 aromatic carbocycles. The van der Waals surface area contributed by atoms with E-state index in [-0.39, 0.29) is 80.6 Å². The van der Waals surface area contributed by atoms with Gasteiger partial charge in [0.2, 0.25) is 35.4 Å². The quantitative estimate of drug-likeness (QED) is 0.0228. The molecule has 3 aliphatic rings. The van der Waals surface area contributed by atoms with Gasteiger partial charge in [-0.25, -0.2) is 4.98 Å². The molecular formula is C65H77N10O13PS. The van der Waals surface area contributed by atoms with Crippen molar-refractivity contribution in [3.8, 4) is 10.4 Å². The van der Waals surface area contributed by atoms with Crippen LogP contribution in [0.1, 0.15) is 139 Å². The molecule has 11 N–H and O–H groups in total. The first-order chi connectivity index (χ1) is 42.6. The van der Waals surface area contributed by atoms with Gasteiger partial charge in [0.1, 0.15) is 29.9 Å². The van der Waals surface area contributed by atoms with Crippen molar-refractivity contribution in [2.45, 2.75) is 155 Å². The molecule has 0 radical (unpaired) electrons. The number of carbonyl (C=O) groups excluding carboxylic acids is 9. The van der Waals surface area contributed by atoms with E-state index in [9.17, 15) is 62.6 Å². The Labute approximate surface area is 524 Å². The van der Waals surface area contributed by atoms with Crippen LogP contribution in [0, 0.1) is 19.3 Å². The number of aromatic nitrogens is 2. The molecule has 7 atom stereocenters. The molecule has 0 spiro atoms. The molecule has 0 saturated carbocycles. The Morgan fingerprint density at radius 1 is 0.889 bits per heavy atom. The molecule has 0 bridgehead atoms. The van der Waals surface area contributed by atoms with Crippen LogP contribution in [0.5, 0.6) is 0 Å². The van der Waals surface area contributed by atoms with Crippen molar-refractivity contribution in [2.75, 3.05) is 23.3 Å². The number of aliphatic hydroxyl groups is 1. The number of rotatable bonds is 25. The number of hydrogen-bond donors (Lipinski definition) is 10. The number of carbonyl (C=O) groups is 9. The number of amides is 7. The summed E-state index contributed by atoms with van der Waals surface area (Å²) in [5.41, 5.74) is 12.6. The van der Waals surface area contributed by atoms with Crippen LogP contribution < -0.4 is 37.2 Å². The van der Waals surface area contributed by atoms with E-state index in [1.807, 2.05) is 89.5 Å². The molecule has 90 heavy (non-hydrogen) atoms. The maximum atomic E-state index is 14.6. The number of primary amides is 1. The van der Waals surface area contributed by atoms with Crippen LogP contribution in [0.3, 0.4) is 0 Å². The van der Waals surface area contributed by atoms with Gasteiger partial charge in [-0.1, -0.05) is 75.7 Å². The number of unbranched alkanes of at least 4 members (excludes halogenated alkanes) is 2. The van der Waals surface area contributed by atoms with E-state index in [1.165, 1.54) is 34.1 Å². The zero-order chi connectivity index (χ0) is 64.9. The number of anilines is 2. The molecule has 25 heteroatoms. The van der Waals surface area contributed by atoms with Gasteiger partial charge >= 0.3 is 7.60 Å². The molecule has 476 valence electrons. The lowest BCUT2D eigenvalue weighted by molar-refractivity contribution is -0.143. The lowest BCUT2D eigenvalue weighted by Gasteiger charge is -2.35. The summed E-state index contributed by atoms with van der Waals surface area (Å²) < 4.78 is 11.6. The molecule has 1 fully saturated rings. The maximum Gasteiger partial charge on any atom is 0.396 e. The molecule has 23 nitrogen and oxygen atoms in total. The number of nitrogens with two attached hydrogens (primary N) is 1. The summed E-state index contributed by atoms with van der Waals surface area (Å²) >= 11 is 1.57. The zero-order valence-electron chi connectivity index (χ0n) is 51.1. The summed E-state index contributed by atoms with van der Waals surface area (Å²) in [4.78, 5) is 153. The molecular weight excluding hydrogens is 1190 g/mol. The molecule has 7 amide bonds. The van der Waals surface area contributed by atoms with Crippen molar-refractivity contribution in [1.82, 2.24) is 36.1 Å². The van der Waals surface area contributed by atoms with Gasteiger partial charge in [-0.3, -0.25) is 52.6 Å². The molecule has 6 aromatic rings. The minimum Gasteiger partial charge on any atom is -0.391 e. The third-order valence-electron chi connectivity index (χ3n) is 16.8. The van der Waals surface area contributed by atoms with E-state index >= 15 is 0 Å². The number of benzene rings is 4. The molecule has 9 rings (SSSR count). The Bertz CT molecular complexity index is 3820. The van der Waals surface area contributed by atoms with Crippen molar-refractivity contribution in [3.05, 3.63) is 135 Å². The van der Waals surface area contributed by atoms with E-state index in [4.69, 9.17) is 5.73 Å². The van der Waals surface area contributed by atoms with Gasteiger partial charge in [0.05, 0.1) is 40.5 Å². The highest BCUT2D eigenvalue weighted by Gasteiger charge is 2.46. The number of Topliss-reactive ketones (excluding diaryl/α,β-unsaturated/α-hetero) is 1.